The molecule has 2 N–H and O–H groups in total. The number of hydrazone groups is 1. The lowest BCUT2D eigenvalue weighted by Crippen LogP contribution is -2.24. The van der Waals surface area contributed by atoms with Crippen molar-refractivity contribution >= 4 is 39.7 Å². The van der Waals surface area contributed by atoms with E-state index < -0.39 is 5.91 Å². The summed E-state index contributed by atoms with van der Waals surface area (Å²) in [5, 5.41) is 26.2. The van der Waals surface area contributed by atoms with Crippen LogP contribution in [0.25, 0.3) is 11.4 Å². The molecular formula is C17H14BrClN6O3. The van der Waals surface area contributed by atoms with E-state index in [1.54, 1.807) is 36.4 Å². The van der Waals surface area contributed by atoms with E-state index in [-0.39, 0.29) is 18.0 Å². The third kappa shape index (κ3) is 4.65. The van der Waals surface area contributed by atoms with Crippen LogP contribution in [0.4, 0.5) is 0 Å². The highest BCUT2D eigenvalue weighted by Crippen LogP contribution is 2.32. The van der Waals surface area contributed by atoms with Crippen LogP contribution >= 0.6 is 27.5 Å². The van der Waals surface area contributed by atoms with Gasteiger partial charge in [-0.25, -0.2) is 5.43 Å². The average molecular weight is 466 g/mol. The van der Waals surface area contributed by atoms with E-state index in [0.29, 0.717) is 26.4 Å². The van der Waals surface area contributed by atoms with Crippen LogP contribution in [0, 0.1) is 0 Å². The zero-order valence-corrected chi connectivity index (χ0v) is 16.8. The number of aromatic hydroxyl groups is 1. The smallest absolute Gasteiger partial charge is 0.263 e. The lowest BCUT2D eigenvalue weighted by Gasteiger charge is -2.06. The van der Waals surface area contributed by atoms with Gasteiger partial charge in [-0.05, 0) is 29.5 Å². The Labute approximate surface area is 173 Å². The van der Waals surface area contributed by atoms with Gasteiger partial charge in [0.25, 0.3) is 5.91 Å². The van der Waals surface area contributed by atoms with Gasteiger partial charge in [-0.15, -0.1) is 10.2 Å². The Morgan fingerprint density at radius 3 is 2.96 bits per heavy atom. The predicted molar refractivity (Wildman–Crippen MR) is 106 cm³/mol. The van der Waals surface area contributed by atoms with Crippen molar-refractivity contribution in [2.75, 3.05) is 7.11 Å². The summed E-state index contributed by atoms with van der Waals surface area (Å²) < 4.78 is 5.74. The van der Waals surface area contributed by atoms with Crippen LogP contribution < -0.4 is 10.2 Å². The Kier molecular flexibility index (Phi) is 6.22. The van der Waals surface area contributed by atoms with Gasteiger partial charge in [-0.2, -0.15) is 9.90 Å². The molecule has 1 heterocycles. The monoisotopic (exact) mass is 464 g/mol. The second kappa shape index (κ2) is 8.81. The van der Waals surface area contributed by atoms with Gasteiger partial charge in [-0.3, -0.25) is 4.79 Å². The minimum atomic E-state index is -0.471. The molecule has 0 aliphatic carbocycles. The average Bonchev–Trinajstić information content (AvgIpc) is 3.12. The number of nitrogens with one attached hydrogen (secondary N) is 1. The molecule has 0 fully saturated rings. The number of ether oxygens (including phenoxy) is 1. The van der Waals surface area contributed by atoms with Gasteiger partial charge in [-0.1, -0.05) is 39.7 Å². The van der Waals surface area contributed by atoms with Gasteiger partial charge in [0.05, 0.1) is 18.3 Å². The quantitative estimate of drug-likeness (QED) is 0.427. The molecule has 1 aromatic heterocycles. The van der Waals surface area contributed by atoms with Gasteiger partial charge in [0.2, 0.25) is 5.82 Å². The van der Waals surface area contributed by atoms with Crippen molar-refractivity contribution in [3.05, 3.63) is 51.5 Å². The molecule has 3 rings (SSSR count). The summed E-state index contributed by atoms with van der Waals surface area (Å²) in [7, 11) is 1.44. The topological polar surface area (TPSA) is 115 Å². The van der Waals surface area contributed by atoms with E-state index in [0.717, 1.165) is 4.80 Å². The zero-order valence-electron chi connectivity index (χ0n) is 14.5. The Morgan fingerprint density at radius 2 is 2.21 bits per heavy atom. The van der Waals surface area contributed by atoms with Crippen LogP contribution in [0.15, 0.2) is 46.0 Å². The Morgan fingerprint density at radius 1 is 1.43 bits per heavy atom. The minimum Gasteiger partial charge on any atom is -0.504 e. The second-order valence-corrected chi connectivity index (χ2v) is 6.79. The molecule has 0 bridgehead atoms. The van der Waals surface area contributed by atoms with Crippen LogP contribution in [0.5, 0.6) is 11.5 Å². The maximum absolute atomic E-state index is 12.0. The van der Waals surface area contributed by atoms with Crippen molar-refractivity contribution in [3.63, 3.8) is 0 Å². The number of phenolic OH excluding ortho intramolecular Hbond substituents is 1. The van der Waals surface area contributed by atoms with Crippen LogP contribution in [0.3, 0.4) is 0 Å². The second-order valence-electron chi connectivity index (χ2n) is 5.46. The summed E-state index contributed by atoms with van der Waals surface area (Å²) in [4.78, 5) is 13.1. The van der Waals surface area contributed by atoms with Crippen molar-refractivity contribution < 1.29 is 14.6 Å². The van der Waals surface area contributed by atoms with E-state index in [4.69, 9.17) is 16.3 Å². The van der Waals surface area contributed by atoms with Crippen molar-refractivity contribution in [2.24, 2.45) is 5.10 Å². The number of halogens is 2. The van der Waals surface area contributed by atoms with Crippen molar-refractivity contribution in [3.8, 4) is 22.9 Å². The summed E-state index contributed by atoms with van der Waals surface area (Å²) in [6.07, 6.45) is 1.30. The summed E-state index contributed by atoms with van der Waals surface area (Å²) in [6, 6.07) is 10.3. The lowest BCUT2D eigenvalue weighted by molar-refractivity contribution is -0.122. The van der Waals surface area contributed by atoms with Gasteiger partial charge in [0.15, 0.2) is 11.5 Å². The lowest BCUT2D eigenvalue weighted by atomic mass is 10.2. The molecule has 0 saturated carbocycles. The standard InChI is InChI=1S/C17H14BrClN6O3/c1-28-14-7-11(18)6-10(16(14)27)8-20-21-15(26)9-25-23-17(22-24-25)12-4-2-3-5-13(12)19/h2-8,27H,9H2,1H3,(H,21,26)/b20-8-. The van der Waals surface area contributed by atoms with E-state index in [1.165, 1.54) is 13.3 Å². The Balaban J connectivity index is 1.63. The molecule has 0 aliphatic heterocycles. The Bertz CT molecular complexity index is 1040. The molecular weight excluding hydrogens is 452 g/mol. The number of methoxy groups -OCH3 is 1. The zero-order chi connectivity index (χ0) is 20.1. The third-order valence-corrected chi connectivity index (χ3v) is 4.32. The molecule has 0 unspecified atom stereocenters. The third-order valence-electron chi connectivity index (χ3n) is 3.53. The fourth-order valence-corrected chi connectivity index (χ4v) is 2.92. The first-order valence-electron chi connectivity index (χ1n) is 7.89. The molecule has 0 aliphatic rings. The summed E-state index contributed by atoms with van der Waals surface area (Å²) in [5.74, 6) is 0.0287. The largest absolute Gasteiger partial charge is 0.504 e. The molecule has 0 spiro atoms. The van der Waals surface area contributed by atoms with Crippen molar-refractivity contribution in [2.45, 2.75) is 6.54 Å². The summed E-state index contributed by atoms with van der Waals surface area (Å²) in [5.41, 5.74) is 3.32. The van der Waals surface area contributed by atoms with Crippen molar-refractivity contribution in [1.29, 1.82) is 0 Å². The number of rotatable bonds is 6. The SMILES string of the molecule is COc1cc(Br)cc(/C=N\NC(=O)Cn2nnc(-c3ccccc3Cl)n2)c1O. The molecule has 28 heavy (non-hydrogen) atoms. The van der Waals surface area contributed by atoms with E-state index >= 15 is 0 Å². The molecule has 1 amide bonds. The maximum atomic E-state index is 12.0. The highest BCUT2D eigenvalue weighted by Gasteiger charge is 2.12. The number of phenols is 1. The normalized spacial score (nSPS) is 11.0. The number of aromatic nitrogens is 4. The number of hydrogen-bond donors (Lipinski definition) is 2. The molecule has 11 heteroatoms. The van der Waals surface area contributed by atoms with Gasteiger partial charge in [0, 0.05) is 15.6 Å². The highest BCUT2D eigenvalue weighted by molar-refractivity contribution is 9.10. The number of nitrogens with zero attached hydrogens (tertiary/aromatic N) is 5. The van der Waals surface area contributed by atoms with Gasteiger partial charge >= 0.3 is 0 Å². The first-order chi connectivity index (χ1) is 13.5. The molecule has 9 nitrogen and oxygen atoms in total. The maximum Gasteiger partial charge on any atom is 0.263 e. The van der Waals surface area contributed by atoms with Gasteiger partial charge in [0.1, 0.15) is 6.54 Å². The number of carbonyl (C=O) groups is 1. The summed E-state index contributed by atoms with van der Waals surface area (Å²) in [6.45, 7) is -0.192. The number of amides is 1. The molecule has 0 saturated heterocycles. The fraction of sp³-hybridized carbons (Fsp3) is 0.118. The van der Waals surface area contributed by atoms with E-state index in [2.05, 4.69) is 41.9 Å². The van der Waals surface area contributed by atoms with Crippen LogP contribution in [0.2, 0.25) is 5.02 Å². The van der Waals surface area contributed by atoms with Crippen molar-refractivity contribution in [1.82, 2.24) is 25.6 Å². The molecule has 3 aromatic rings. The Hall–Kier alpha value is -2.98. The minimum absolute atomic E-state index is 0.0916. The number of hydrogen-bond acceptors (Lipinski definition) is 7. The van der Waals surface area contributed by atoms with E-state index in [9.17, 15) is 9.90 Å². The highest BCUT2D eigenvalue weighted by atomic mass is 79.9. The van der Waals surface area contributed by atoms with E-state index in [1.807, 2.05) is 0 Å². The van der Waals surface area contributed by atoms with Crippen LogP contribution in [-0.4, -0.2) is 44.5 Å². The summed E-state index contributed by atoms with van der Waals surface area (Å²) >= 11 is 9.40. The molecule has 0 atom stereocenters. The first kappa shape index (κ1) is 19.8. The fourth-order valence-electron chi connectivity index (χ4n) is 2.25. The van der Waals surface area contributed by atoms with Crippen LogP contribution in [0.1, 0.15) is 5.56 Å². The first-order valence-corrected chi connectivity index (χ1v) is 9.06. The van der Waals surface area contributed by atoms with Gasteiger partial charge < -0.3 is 9.84 Å². The number of tetrazole rings is 1. The van der Waals surface area contributed by atoms with Crippen LogP contribution in [-0.2, 0) is 11.3 Å². The predicted octanol–water partition coefficient (Wildman–Crippen LogP) is 2.62. The number of benzene rings is 2. The molecule has 2 aromatic carbocycles. The molecule has 144 valence electrons. The number of carbonyl (C=O) groups excluding carboxylic acids is 1. The molecule has 0 radical (unpaired) electrons.